The lowest BCUT2D eigenvalue weighted by Crippen LogP contribution is -2.55. The van der Waals surface area contributed by atoms with Crippen LogP contribution in [0.5, 0.6) is 0 Å². The number of likely N-dealkylation sites (N-methyl/N-ethyl adjacent to an activating group) is 1. The van der Waals surface area contributed by atoms with Crippen molar-refractivity contribution in [3.63, 3.8) is 0 Å². The van der Waals surface area contributed by atoms with Crippen LogP contribution >= 0.6 is 0 Å². The van der Waals surface area contributed by atoms with E-state index in [-0.39, 0.29) is 24.1 Å². The standard InChI is InChI=1S/C14H26N2O4/c1-6-14(3,4)15-12(17)9(2)16(5)11-8-20-7-10(11)13(18)19/h9-11H,6-8H2,1-5H3,(H,15,17)(H,18,19). The Labute approximate surface area is 120 Å². The zero-order chi connectivity index (χ0) is 15.5. The number of carboxylic acid groups (broad SMARTS) is 1. The fourth-order valence-corrected chi connectivity index (χ4v) is 2.18. The summed E-state index contributed by atoms with van der Waals surface area (Å²) < 4.78 is 5.25. The van der Waals surface area contributed by atoms with Gasteiger partial charge in [0.25, 0.3) is 0 Å². The van der Waals surface area contributed by atoms with Gasteiger partial charge in [0.1, 0.15) is 0 Å². The maximum absolute atomic E-state index is 12.3. The molecule has 1 heterocycles. The van der Waals surface area contributed by atoms with Crippen LogP contribution in [0.1, 0.15) is 34.1 Å². The summed E-state index contributed by atoms with van der Waals surface area (Å²) in [5, 5.41) is 12.2. The lowest BCUT2D eigenvalue weighted by molar-refractivity contribution is -0.144. The number of carbonyl (C=O) groups is 2. The molecule has 1 amide bonds. The Morgan fingerprint density at radius 1 is 1.45 bits per heavy atom. The van der Waals surface area contributed by atoms with E-state index in [1.165, 1.54) is 0 Å². The summed E-state index contributed by atoms with van der Waals surface area (Å²) >= 11 is 0. The first-order chi connectivity index (χ1) is 9.19. The summed E-state index contributed by atoms with van der Waals surface area (Å²) in [6, 6.07) is -0.660. The molecule has 1 aliphatic heterocycles. The van der Waals surface area contributed by atoms with E-state index in [4.69, 9.17) is 4.74 Å². The molecule has 116 valence electrons. The molecule has 0 saturated carbocycles. The predicted molar refractivity (Wildman–Crippen MR) is 75.5 cm³/mol. The molecular formula is C14H26N2O4. The van der Waals surface area contributed by atoms with Crippen molar-refractivity contribution in [1.82, 2.24) is 10.2 Å². The molecule has 0 aromatic heterocycles. The van der Waals surface area contributed by atoms with Gasteiger partial charge in [0.05, 0.1) is 25.2 Å². The normalized spacial score (nSPS) is 24.7. The van der Waals surface area contributed by atoms with Crippen molar-refractivity contribution in [2.75, 3.05) is 20.3 Å². The second-order valence-electron chi connectivity index (χ2n) is 6.12. The van der Waals surface area contributed by atoms with Gasteiger partial charge in [-0.3, -0.25) is 14.5 Å². The van der Waals surface area contributed by atoms with E-state index in [1.807, 2.05) is 20.8 Å². The summed E-state index contributed by atoms with van der Waals surface area (Å²) in [5.74, 6) is -1.54. The second kappa shape index (κ2) is 6.54. The molecule has 0 aromatic rings. The third-order valence-electron chi connectivity index (χ3n) is 4.23. The monoisotopic (exact) mass is 286 g/mol. The number of carboxylic acids is 1. The SMILES string of the molecule is CCC(C)(C)NC(=O)C(C)N(C)C1COCC1C(=O)O. The van der Waals surface area contributed by atoms with E-state index in [0.717, 1.165) is 6.42 Å². The third-order valence-corrected chi connectivity index (χ3v) is 4.23. The van der Waals surface area contributed by atoms with E-state index < -0.39 is 17.9 Å². The summed E-state index contributed by atoms with van der Waals surface area (Å²) in [6.07, 6.45) is 0.833. The number of amides is 1. The Hall–Kier alpha value is -1.14. The molecule has 1 saturated heterocycles. The van der Waals surface area contributed by atoms with Gasteiger partial charge in [-0.2, -0.15) is 0 Å². The van der Waals surface area contributed by atoms with Crippen molar-refractivity contribution in [1.29, 1.82) is 0 Å². The highest BCUT2D eigenvalue weighted by Gasteiger charge is 2.39. The second-order valence-corrected chi connectivity index (χ2v) is 6.12. The Balaban J connectivity index is 2.68. The number of nitrogens with one attached hydrogen (secondary N) is 1. The van der Waals surface area contributed by atoms with E-state index in [2.05, 4.69) is 5.32 Å². The first-order valence-electron chi connectivity index (χ1n) is 7.04. The van der Waals surface area contributed by atoms with Crippen LogP contribution in [0.2, 0.25) is 0 Å². The predicted octanol–water partition coefficient (Wildman–Crippen LogP) is 0.711. The number of aliphatic carboxylic acids is 1. The Morgan fingerprint density at radius 3 is 2.55 bits per heavy atom. The maximum atomic E-state index is 12.3. The Morgan fingerprint density at radius 2 is 2.05 bits per heavy atom. The molecular weight excluding hydrogens is 260 g/mol. The third kappa shape index (κ3) is 3.93. The summed E-state index contributed by atoms with van der Waals surface area (Å²) in [7, 11) is 1.78. The molecule has 6 heteroatoms. The molecule has 1 rings (SSSR count). The first-order valence-corrected chi connectivity index (χ1v) is 7.04. The van der Waals surface area contributed by atoms with E-state index in [0.29, 0.717) is 6.61 Å². The van der Waals surface area contributed by atoms with Crippen LogP contribution in [0.25, 0.3) is 0 Å². The van der Waals surface area contributed by atoms with Crippen LogP contribution in [0.15, 0.2) is 0 Å². The van der Waals surface area contributed by atoms with Crippen LogP contribution in [-0.2, 0) is 14.3 Å². The van der Waals surface area contributed by atoms with Gasteiger partial charge in [-0.25, -0.2) is 0 Å². The number of ether oxygens (including phenoxy) is 1. The average molecular weight is 286 g/mol. The number of nitrogens with zero attached hydrogens (tertiary/aromatic N) is 1. The average Bonchev–Trinajstić information content (AvgIpc) is 2.85. The largest absolute Gasteiger partial charge is 0.481 e. The number of hydrogen-bond donors (Lipinski definition) is 2. The lowest BCUT2D eigenvalue weighted by atomic mass is 9.99. The van der Waals surface area contributed by atoms with Gasteiger partial charge >= 0.3 is 5.97 Å². The van der Waals surface area contributed by atoms with Crippen molar-refractivity contribution in [2.45, 2.75) is 51.7 Å². The molecule has 3 unspecified atom stereocenters. The highest BCUT2D eigenvalue weighted by molar-refractivity contribution is 5.82. The van der Waals surface area contributed by atoms with Gasteiger partial charge in [0.2, 0.25) is 5.91 Å². The summed E-state index contributed by atoms with van der Waals surface area (Å²) in [6.45, 7) is 8.30. The van der Waals surface area contributed by atoms with Gasteiger partial charge in [-0.05, 0) is 34.2 Å². The molecule has 3 atom stereocenters. The molecule has 0 bridgehead atoms. The quantitative estimate of drug-likeness (QED) is 0.752. The smallest absolute Gasteiger partial charge is 0.310 e. The number of carbonyl (C=O) groups excluding carboxylic acids is 1. The van der Waals surface area contributed by atoms with Crippen molar-refractivity contribution in [2.24, 2.45) is 5.92 Å². The van der Waals surface area contributed by atoms with Crippen molar-refractivity contribution in [3.05, 3.63) is 0 Å². The fourth-order valence-electron chi connectivity index (χ4n) is 2.18. The molecule has 20 heavy (non-hydrogen) atoms. The highest BCUT2D eigenvalue weighted by atomic mass is 16.5. The van der Waals surface area contributed by atoms with Crippen LogP contribution < -0.4 is 5.32 Å². The number of hydrogen-bond acceptors (Lipinski definition) is 4. The fraction of sp³-hybridized carbons (Fsp3) is 0.857. The lowest BCUT2D eigenvalue weighted by Gasteiger charge is -2.33. The molecule has 0 aromatic carbocycles. The minimum atomic E-state index is -0.874. The zero-order valence-electron chi connectivity index (χ0n) is 13.0. The van der Waals surface area contributed by atoms with E-state index >= 15 is 0 Å². The first kappa shape index (κ1) is 16.9. The molecule has 6 nitrogen and oxygen atoms in total. The van der Waals surface area contributed by atoms with Crippen LogP contribution in [0.3, 0.4) is 0 Å². The molecule has 0 radical (unpaired) electrons. The Bertz CT molecular complexity index is 370. The molecule has 2 N–H and O–H groups in total. The molecule has 1 aliphatic rings. The van der Waals surface area contributed by atoms with Crippen LogP contribution in [-0.4, -0.2) is 59.8 Å². The van der Waals surface area contributed by atoms with Gasteiger partial charge in [0, 0.05) is 11.6 Å². The highest BCUT2D eigenvalue weighted by Crippen LogP contribution is 2.21. The molecule has 1 fully saturated rings. The number of rotatable bonds is 6. The summed E-state index contributed by atoms with van der Waals surface area (Å²) in [5.41, 5.74) is -0.259. The van der Waals surface area contributed by atoms with E-state index in [9.17, 15) is 14.7 Å². The van der Waals surface area contributed by atoms with E-state index in [1.54, 1.807) is 18.9 Å². The Kier molecular flexibility index (Phi) is 5.53. The van der Waals surface area contributed by atoms with Crippen LogP contribution in [0.4, 0.5) is 0 Å². The maximum Gasteiger partial charge on any atom is 0.310 e. The minimum absolute atomic E-state index is 0.0876. The van der Waals surface area contributed by atoms with Gasteiger partial charge < -0.3 is 15.2 Å². The molecule has 0 aliphatic carbocycles. The zero-order valence-corrected chi connectivity index (χ0v) is 13.0. The molecule has 0 spiro atoms. The van der Waals surface area contributed by atoms with Gasteiger partial charge in [-0.1, -0.05) is 6.92 Å². The van der Waals surface area contributed by atoms with Crippen molar-refractivity contribution in [3.8, 4) is 0 Å². The van der Waals surface area contributed by atoms with Gasteiger partial charge in [-0.15, -0.1) is 0 Å². The van der Waals surface area contributed by atoms with Crippen LogP contribution in [0, 0.1) is 5.92 Å². The topological polar surface area (TPSA) is 78.9 Å². The van der Waals surface area contributed by atoms with Crippen molar-refractivity contribution >= 4 is 11.9 Å². The van der Waals surface area contributed by atoms with Gasteiger partial charge in [0.15, 0.2) is 0 Å². The minimum Gasteiger partial charge on any atom is -0.481 e. The van der Waals surface area contributed by atoms with Crippen molar-refractivity contribution < 1.29 is 19.4 Å². The summed E-state index contributed by atoms with van der Waals surface area (Å²) in [4.78, 5) is 25.2.